The molecule has 2 N–H and O–H groups in total. The first kappa shape index (κ1) is 13.1. The van der Waals surface area contributed by atoms with Crippen LogP contribution < -0.4 is 4.74 Å². The zero-order valence-corrected chi connectivity index (χ0v) is 10.2. The van der Waals surface area contributed by atoms with Gasteiger partial charge < -0.3 is 14.8 Å². The highest BCUT2D eigenvalue weighted by atomic mass is 19.1. The number of hydrogen-bond acceptors (Lipinski definition) is 2. The average molecular weight is 263 g/mol. The molecule has 2 aromatic rings. The predicted molar refractivity (Wildman–Crippen MR) is 67.7 cm³/mol. The van der Waals surface area contributed by atoms with Gasteiger partial charge in [0.15, 0.2) is 0 Å². The summed E-state index contributed by atoms with van der Waals surface area (Å²) in [5, 5.41) is 8.90. The summed E-state index contributed by atoms with van der Waals surface area (Å²) in [7, 11) is 0. The second kappa shape index (κ2) is 6.04. The maximum atomic E-state index is 13.0. The van der Waals surface area contributed by atoms with Crippen LogP contribution >= 0.6 is 0 Å². The van der Waals surface area contributed by atoms with Crippen LogP contribution in [0.4, 0.5) is 4.39 Å². The summed E-state index contributed by atoms with van der Waals surface area (Å²) < 4.78 is 18.5. The highest BCUT2D eigenvalue weighted by Gasteiger charge is 2.17. The molecular formula is C14H14FNO3. The van der Waals surface area contributed by atoms with Crippen LogP contribution in [0.25, 0.3) is 0 Å². The monoisotopic (exact) mass is 263 g/mol. The van der Waals surface area contributed by atoms with Gasteiger partial charge in [-0.1, -0.05) is 6.07 Å². The van der Waals surface area contributed by atoms with Gasteiger partial charge in [0, 0.05) is 24.4 Å². The number of halogens is 1. The normalized spacial score (nSPS) is 12.1. The van der Waals surface area contributed by atoms with E-state index in [1.165, 1.54) is 12.1 Å². The highest BCUT2D eigenvalue weighted by molar-refractivity contribution is 5.68. The first-order valence-electron chi connectivity index (χ1n) is 5.88. The van der Waals surface area contributed by atoms with E-state index in [0.717, 1.165) is 5.56 Å². The smallest absolute Gasteiger partial charge is 0.304 e. The molecule has 0 amide bonds. The molecule has 4 nitrogen and oxygen atoms in total. The number of carbonyl (C=O) groups is 1. The number of benzene rings is 1. The third-order valence-electron chi connectivity index (χ3n) is 2.76. The number of H-pyrrole nitrogens is 1. The third kappa shape index (κ3) is 3.84. The largest absolute Gasteiger partial charge is 0.493 e. The molecule has 0 aliphatic rings. The van der Waals surface area contributed by atoms with Crippen molar-refractivity contribution in [2.45, 2.75) is 12.3 Å². The van der Waals surface area contributed by atoms with Crippen molar-refractivity contribution in [1.82, 2.24) is 4.98 Å². The second-order valence-electron chi connectivity index (χ2n) is 4.21. The van der Waals surface area contributed by atoms with E-state index in [4.69, 9.17) is 9.84 Å². The summed E-state index contributed by atoms with van der Waals surface area (Å²) in [5.74, 6) is -1.15. The summed E-state index contributed by atoms with van der Waals surface area (Å²) in [6, 6.07) is 7.59. The van der Waals surface area contributed by atoms with Gasteiger partial charge in [0.2, 0.25) is 0 Å². The SMILES string of the molecule is O=C(O)CC(COc1cccc(F)c1)c1cc[nH]c1. The zero-order valence-electron chi connectivity index (χ0n) is 10.2. The van der Waals surface area contributed by atoms with Crippen molar-refractivity contribution >= 4 is 5.97 Å². The van der Waals surface area contributed by atoms with Gasteiger partial charge in [-0.05, 0) is 23.8 Å². The van der Waals surface area contributed by atoms with E-state index < -0.39 is 5.97 Å². The summed E-state index contributed by atoms with van der Waals surface area (Å²) in [6.07, 6.45) is 3.43. The van der Waals surface area contributed by atoms with Crippen LogP contribution in [0.3, 0.4) is 0 Å². The van der Waals surface area contributed by atoms with E-state index in [1.807, 2.05) is 6.07 Å². The lowest BCUT2D eigenvalue weighted by Gasteiger charge is -2.14. The summed E-state index contributed by atoms with van der Waals surface area (Å²) in [5.41, 5.74) is 0.860. The fraction of sp³-hybridized carbons (Fsp3) is 0.214. The van der Waals surface area contributed by atoms with Gasteiger partial charge in [0.1, 0.15) is 11.6 Å². The number of aromatic amines is 1. The van der Waals surface area contributed by atoms with Crippen molar-refractivity contribution in [2.75, 3.05) is 6.61 Å². The Labute approximate surface area is 109 Å². The molecule has 0 saturated heterocycles. The number of hydrogen-bond donors (Lipinski definition) is 2. The highest BCUT2D eigenvalue weighted by Crippen LogP contribution is 2.21. The molecular weight excluding hydrogens is 249 g/mol. The van der Waals surface area contributed by atoms with Crippen molar-refractivity contribution in [3.05, 3.63) is 54.1 Å². The van der Waals surface area contributed by atoms with Crippen LogP contribution in [0, 0.1) is 5.82 Å². The van der Waals surface area contributed by atoms with Gasteiger partial charge in [0.25, 0.3) is 0 Å². The van der Waals surface area contributed by atoms with Gasteiger partial charge in [-0.15, -0.1) is 0 Å². The Morgan fingerprint density at radius 1 is 1.42 bits per heavy atom. The number of rotatable bonds is 6. The van der Waals surface area contributed by atoms with E-state index >= 15 is 0 Å². The van der Waals surface area contributed by atoms with Crippen molar-refractivity contribution in [2.24, 2.45) is 0 Å². The number of carboxylic acid groups (broad SMARTS) is 1. The maximum absolute atomic E-state index is 13.0. The molecule has 19 heavy (non-hydrogen) atoms. The predicted octanol–water partition coefficient (Wildman–Crippen LogP) is 2.79. The molecule has 1 unspecified atom stereocenters. The van der Waals surface area contributed by atoms with Gasteiger partial charge in [-0.25, -0.2) is 4.39 Å². The lowest BCUT2D eigenvalue weighted by Crippen LogP contribution is -2.14. The number of ether oxygens (including phenoxy) is 1. The van der Waals surface area contributed by atoms with Crippen molar-refractivity contribution < 1.29 is 19.0 Å². The molecule has 2 rings (SSSR count). The van der Waals surface area contributed by atoms with Crippen molar-refractivity contribution in [3.8, 4) is 5.75 Å². The molecule has 0 aliphatic carbocycles. The topological polar surface area (TPSA) is 62.3 Å². The minimum absolute atomic E-state index is 0.0346. The second-order valence-corrected chi connectivity index (χ2v) is 4.21. The van der Waals surface area contributed by atoms with Gasteiger partial charge >= 0.3 is 5.97 Å². The Bertz CT molecular complexity index is 539. The van der Waals surface area contributed by atoms with E-state index in [9.17, 15) is 9.18 Å². The van der Waals surface area contributed by atoms with Crippen LogP contribution in [0.15, 0.2) is 42.7 Å². The molecule has 1 aromatic heterocycles. The van der Waals surface area contributed by atoms with E-state index in [2.05, 4.69) is 4.98 Å². The van der Waals surface area contributed by atoms with Crippen LogP contribution in [-0.4, -0.2) is 22.7 Å². The van der Waals surface area contributed by atoms with Crippen molar-refractivity contribution in [1.29, 1.82) is 0 Å². The standard InChI is InChI=1S/C14H14FNO3/c15-12-2-1-3-13(7-12)19-9-11(6-14(17)18)10-4-5-16-8-10/h1-5,7-8,11,16H,6,9H2,(H,17,18). The Balaban J connectivity index is 2.02. The lowest BCUT2D eigenvalue weighted by molar-refractivity contribution is -0.137. The number of aliphatic carboxylic acids is 1. The van der Waals surface area contributed by atoms with Crippen LogP contribution in [0.5, 0.6) is 5.75 Å². The van der Waals surface area contributed by atoms with Gasteiger partial charge in [-0.3, -0.25) is 4.79 Å². The number of carboxylic acids is 1. The van der Waals surface area contributed by atoms with E-state index in [0.29, 0.717) is 5.75 Å². The van der Waals surface area contributed by atoms with Gasteiger partial charge in [0.05, 0.1) is 13.0 Å². The minimum Gasteiger partial charge on any atom is -0.493 e. The van der Waals surface area contributed by atoms with Crippen LogP contribution in [0.2, 0.25) is 0 Å². The number of aromatic nitrogens is 1. The Hall–Kier alpha value is -2.30. The summed E-state index contributed by atoms with van der Waals surface area (Å²) in [4.78, 5) is 13.7. The minimum atomic E-state index is -0.894. The Morgan fingerprint density at radius 3 is 2.89 bits per heavy atom. The molecule has 1 heterocycles. The molecule has 5 heteroatoms. The molecule has 1 aromatic carbocycles. The molecule has 0 radical (unpaired) electrons. The fourth-order valence-electron chi connectivity index (χ4n) is 1.83. The molecule has 0 fully saturated rings. The quantitative estimate of drug-likeness (QED) is 0.842. The summed E-state index contributed by atoms with van der Waals surface area (Å²) >= 11 is 0. The van der Waals surface area contributed by atoms with Crippen molar-refractivity contribution in [3.63, 3.8) is 0 Å². The molecule has 0 aliphatic heterocycles. The summed E-state index contributed by atoms with van der Waals surface area (Å²) in [6.45, 7) is 0.188. The zero-order chi connectivity index (χ0) is 13.7. The first-order valence-corrected chi connectivity index (χ1v) is 5.88. The van der Waals surface area contributed by atoms with Gasteiger partial charge in [-0.2, -0.15) is 0 Å². The Morgan fingerprint density at radius 2 is 2.26 bits per heavy atom. The molecule has 0 spiro atoms. The molecule has 0 bridgehead atoms. The molecule has 100 valence electrons. The maximum Gasteiger partial charge on any atom is 0.304 e. The molecule has 0 saturated carbocycles. The van der Waals surface area contributed by atoms with E-state index in [-0.39, 0.29) is 24.8 Å². The lowest BCUT2D eigenvalue weighted by atomic mass is 9.99. The third-order valence-corrected chi connectivity index (χ3v) is 2.76. The average Bonchev–Trinajstić information content (AvgIpc) is 2.88. The van der Waals surface area contributed by atoms with Crippen LogP contribution in [-0.2, 0) is 4.79 Å². The van der Waals surface area contributed by atoms with Crippen LogP contribution in [0.1, 0.15) is 17.9 Å². The Kier molecular flexibility index (Phi) is 4.18. The fourth-order valence-corrected chi connectivity index (χ4v) is 1.83. The molecule has 1 atom stereocenters. The number of nitrogens with one attached hydrogen (secondary N) is 1. The first-order chi connectivity index (χ1) is 9.15. The van der Waals surface area contributed by atoms with E-state index in [1.54, 1.807) is 24.5 Å².